The van der Waals surface area contributed by atoms with Crippen LogP contribution in [0.15, 0.2) is 18.2 Å². The molecule has 1 aromatic rings. The van der Waals surface area contributed by atoms with E-state index in [2.05, 4.69) is 12.2 Å². The molecule has 17 heavy (non-hydrogen) atoms. The predicted octanol–water partition coefficient (Wildman–Crippen LogP) is 2.80. The highest BCUT2D eigenvalue weighted by molar-refractivity contribution is 5.85. The Hall–Kier alpha value is -0.930. The molecule has 2 rings (SSSR count). The van der Waals surface area contributed by atoms with Gasteiger partial charge < -0.3 is 15.5 Å². The number of benzene rings is 1. The summed E-state index contributed by atoms with van der Waals surface area (Å²) >= 11 is 0. The molecule has 2 atom stereocenters. The van der Waals surface area contributed by atoms with E-state index < -0.39 is 0 Å². The molecule has 0 heterocycles. The molecule has 1 aliphatic rings. The highest BCUT2D eigenvalue weighted by Crippen LogP contribution is 2.35. The molecule has 0 aliphatic heterocycles. The highest BCUT2D eigenvalue weighted by Gasteiger charge is 2.35. The van der Waals surface area contributed by atoms with Gasteiger partial charge in [0.15, 0.2) is 0 Å². The molecule has 2 unspecified atom stereocenters. The number of nitrogens with one attached hydrogen (secondary N) is 1. The zero-order chi connectivity index (χ0) is 11.5. The van der Waals surface area contributed by atoms with Gasteiger partial charge in [-0.2, -0.15) is 0 Å². The van der Waals surface area contributed by atoms with Gasteiger partial charge in [-0.25, -0.2) is 0 Å². The van der Waals surface area contributed by atoms with Crippen LogP contribution in [0.25, 0.3) is 0 Å². The van der Waals surface area contributed by atoms with E-state index in [0.717, 1.165) is 11.5 Å². The Kier molecular flexibility index (Phi) is 5.09. The fourth-order valence-electron chi connectivity index (χ4n) is 2.13. The van der Waals surface area contributed by atoms with E-state index in [9.17, 15) is 5.11 Å². The van der Waals surface area contributed by atoms with Crippen LogP contribution < -0.4 is 5.32 Å². The molecule has 0 amide bonds. The minimum absolute atomic E-state index is 0. The molecule has 1 aliphatic carbocycles. The van der Waals surface area contributed by atoms with Crippen LogP contribution in [-0.2, 0) is 6.54 Å². The lowest BCUT2D eigenvalue weighted by Crippen LogP contribution is -2.17. The summed E-state index contributed by atoms with van der Waals surface area (Å²) in [5.74, 6) is 1.10. The van der Waals surface area contributed by atoms with Crippen molar-refractivity contribution in [2.45, 2.75) is 38.8 Å². The van der Waals surface area contributed by atoms with Crippen molar-refractivity contribution < 1.29 is 10.2 Å². The Morgan fingerprint density at radius 3 is 2.76 bits per heavy atom. The van der Waals surface area contributed by atoms with Crippen molar-refractivity contribution in [3.8, 4) is 11.5 Å². The molecule has 1 saturated carbocycles. The Morgan fingerprint density at radius 1 is 1.35 bits per heavy atom. The zero-order valence-electron chi connectivity index (χ0n) is 10.0. The zero-order valence-corrected chi connectivity index (χ0v) is 10.8. The van der Waals surface area contributed by atoms with Crippen molar-refractivity contribution in [2.24, 2.45) is 5.92 Å². The maximum atomic E-state index is 9.59. The summed E-state index contributed by atoms with van der Waals surface area (Å²) < 4.78 is 0. The van der Waals surface area contributed by atoms with Crippen LogP contribution in [0.1, 0.15) is 31.7 Å². The number of phenolic OH excluding ortho intramolecular Hbond substituents is 2. The van der Waals surface area contributed by atoms with E-state index >= 15 is 0 Å². The second-order valence-corrected chi connectivity index (χ2v) is 4.58. The van der Waals surface area contributed by atoms with Crippen LogP contribution >= 0.6 is 12.4 Å². The standard InChI is InChI=1S/C13H19NO2.ClH/c1-2-3-9-6-12(9)14-8-10-4-5-11(15)7-13(10)16;/h4-5,7,9,12,14-16H,2-3,6,8H2,1H3;1H. The lowest BCUT2D eigenvalue weighted by Gasteiger charge is -2.06. The summed E-state index contributed by atoms with van der Waals surface area (Å²) in [5.41, 5.74) is 0.847. The Morgan fingerprint density at radius 2 is 2.12 bits per heavy atom. The van der Waals surface area contributed by atoms with Gasteiger partial charge >= 0.3 is 0 Å². The van der Waals surface area contributed by atoms with Gasteiger partial charge in [-0.05, 0) is 24.8 Å². The van der Waals surface area contributed by atoms with Gasteiger partial charge in [-0.3, -0.25) is 0 Å². The summed E-state index contributed by atoms with van der Waals surface area (Å²) in [6, 6.07) is 5.36. The topological polar surface area (TPSA) is 52.5 Å². The van der Waals surface area contributed by atoms with Crippen LogP contribution in [0.3, 0.4) is 0 Å². The Labute approximate surface area is 108 Å². The first-order valence-corrected chi connectivity index (χ1v) is 5.95. The summed E-state index contributed by atoms with van der Waals surface area (Å²) in [7, 11) is 0. The summed E-state index contributed by atoms with van der Waals surface area (Å²) in [6.07, 6.45) is 3.79. The minimum atomic E-state index is 0. The largest absolute Gasteiger partial charge is 0.508 e. The fourth-order valence-corrected chi connectivity index (χ4v) is 2.13. The smallest absolute Gasteiger partial charge is 0.123 e. The maximum Gasteiger partial charge on any atom is 0.123 e. The van der Waals surface area contributed by atoms with Crippen molar-refractivity contribution in [2.75, 3.05) is 0 Å². The van der Waals surface area contributed by atoms with Gasteiger partial charge in [0.05, 0.1) is 0 Å². The van der Waals surface area contributed by atoms with Gasteiger partial charge in [0.2, 0.25) is 0 Å². The number of rotatable bonds is 5. The second kappa shape index (κ2) is 6.12. The molecule has 96 valence electrons. The molecular weight excluding hydrogens is 238 g/mol. The summed E-state index contributed by atoms with van der Waals surface area (Å²) in [5, 5.41) is 22.2. The summed E-state index contributed by atoms with van der Waals surface area (Å²) in [4.78, 5) is 0. The SMILES string of the molecule is CCCC1CC1NCc1ccc(O)cc1O.Cl. The van der Waals surface area contributed by atoms with Crippen LogP contribution in [0.5, 0.6) is 11.5 Å². The third-order valence-corrected chi connectivity index (χ3v) is 3.21. The van der Waals surface area contributed by atoms with E-state index in [4.69, 9.17) is 5.11 Å². The molecule has 0 spiro atoms. The van der Waals surface area contributed by atoms with Crippen molar-refractivity contribution in [3.63, 3.8) is 0 Å². The van der Waals surface area contributed by atoms with Gasteiger partial charge in [0.1, 0.15) is 11.5 Å². The fraction of sp³-hybridized carbons (Fsp3) is 0.538. The average Bonchev–Trinajstić information content (AvgIpc) is 2.96. The third-order valence-electron chi connectivity index (χ3n) is 3.21. The van der Waals surface area contributed by atoms with Crippen LogP contribution in [0.4, 0.5) is 0 Å². The molecule has 0 saturated heterocycles. The Bertz CT molecular complexity index is 370. The average molecular weight is 258 g/mol. The number of halogens is 1. The lowest BCUT2D eigenvalue weighted by atomic mass is 10.2. The third kappa shape index (κ3) is 3.79. The molecular formula is C13H20ClNO2. The number of hydrogen-bond acceptors (Lipinski definition) is 3. The lowest BCUT2D eigenvalue weighted by molar-refractivity contribution is 0.443. The van der Waals surface area contributed by atoms with E-state index in [1.807, 2.05) is 0 Å². The quantitative estimate of drug-likeness (QED) is 0.760. The Balaban J connectivity index is 0.00000144. The first-order valence-electron chi connectivity index (χ1n) is 5.95. The molecule has 3 N–H and O–H groups in total. The predicted molar refractivity (Wildman–Crippen MR) is 70.7 cm³/mol. The van der Waals surface area contributed by atoms with Crippen LogP contribution in [-0.4, -0.2) is 16.3 Å². The van der Waals surface area contributed by atoms with Gasteiger partial charge in [-0.15, -0.1) is 12.4 Å². The van der Waals surface area contributed by atoms with E-state index in [-0.39, 0.29) is 23.9 Å². The number of phenols is 2. The molecule has 0 bridgehead atoms. The first kappa shape index (κ1) is 14.1. The normalized spacial score (nSPS) is 21.9. The van der Waals surface area contributed by atoms with Gasteiger partial charge in [0, 0.05) is 24.2 Å². The number of hydrogen-bond donors (Lipinski definition) is 3. The van der Waals surface area contributed by atoms with Crippen LogP contribution in [0, 0.1) is 5.92 Å². The molecule has 1 fully saturated rings. The van der Waals surface area contributed by atoms with E-state index in [0.29, 0.717) is 12.6 Å². The van der Waals surface area contributed by atoms with Gasteiger partial charge in [-0.1, -0.05) is 19.4 Å². The molecule has 1 aromatic carbocycles. The van der Waals surface area contributed by atoms with Gasteiger partial charge in [0.25, 0.3) is 0 Å². The summed E-state index contributed by atoms with van der Waals surface area (Å²) in [6.45, 7) is 2.89. The maximum absolute atomic E-state index is 9.59. The second-order valence-electron chi connectivity index (χ2n) is 4.58. The molecule has 0 aromatic heterocycles. The van der Waals surface area contributed by atoms with Crippen molar-refractivity contribution in [1.82, 2.24) is 5.32 Å². The van der Waals surface area contributed by atoms with Crippen molar-refractivity contribution in [1.29, 1.82) is 0 Å². The molecule has 4 heteroatoms. The monoisotopic (exact) mass is 257 g/mol. The molecule has 0 radical (unpaired) electrons. The van der Waals surface area contributed by atoms with E-state index in [1.165, 1.54) is 25.3 Å². The minimum Gasteiger partial charge on any atom is -0.508 e. The van der Waals surface area contributed by atoms with E-state index in [1.54, 1.807) is 12.1 Å². The first-order chi connectivity index (χ1) is 7.70. The van der Waals surface area contributed by atoms with Crippen LogP contribution in [0.2, 0.25) is 0 Å². The van der Waals surface area contributed by atoms with Crippen molar-refractivity contribution >= 4 is 12.4 Å². The van der Waals surface area contributed by atoms with Crippen molar-refractivity contribution in [3.05, 3.63) is 23.8 Å². The molecule has 3 nitrogen and oxygen atoms in total. The highest BCUT2D eigenvalue weighted by atomic mass is 35.5. The number of aromatic hydroxyl groups is 2.